The largest absolute Gasteiger partial charge is 0.193 e. The van der Waals surface area contributed by atoms with Crippen molar-refractivity contribution in [1.82, 2.24) is 0 Å². The summed E-state index contributed by atoms with van der Waals surface area (Å²) in [5.74, 6) is 6.35. The van der Waals surface area contributed by atoms with Crippen molar-refractivity contribution in [2.75, 3.05) is 0 Å². The van der Waals surface area contributed by atoms with Gasteiger partial charge in [-0.25, -0.2) is 0 Å². The molecule has 0 aliphatic rings. The Balaban J connectivity index is 2.13. The van der Waals surface area contributed by atoms with Crippen LogP contribution < -0.4 is 0 Å². The molecular weight excluding hydrogens is 334 g/mol. The van der Waals surface area contributed by atoms with Crippen molar-refractivity contribution in [3.63, 3.8) is 0 Å². The third kappa shape index (κ3) is 5.32. The third-order valence-electron chi connectivity index (χ3n) is 3.79. The second-order valence-corrected chi connectivity index (χ2v) is 6.32. The Kier molecular flexibility index (Phi) is 7.22. The summed E-state index contributed by atoms with van der Waals surface area (Å²) in [6.07, 6.45) is 4.92. The SMILES string of the molecule is CCCCCc1ccc(C#Cc2cc(C)c(N=C=S)c(Cl)c2)cc1. The standard InChI is InChI=1S/C21H20ClNS/c1-3-4-5-6-17-7-9-18(10-8-17)11-12-19-13-16(2)21(23-15-24)20(22)14-19/h7-10,13-14H,3-6H2,1-2H3. The van der Waals surface area contributed by atoms with E-state index in [0.29, 0.717) is 10.7 Å². The summed E-state index contributed by atoms with van der Waals surface area (Å²) in [6, 6.07) is 12.3. The number of isothiocyanates is 1. The highest BCUT2D eigenvalue weighted by molar-refractivity contribution is 7.78. The summed E-state index contributed by atoms with van der Waals surface area (Å²) in [5.41, 5.74) is 4.84. The summed E-state index contributed by atoms with van der Waals surface area (Å²) < 4.78 is 0. The number of benzene rings is 2. The van der Waals surface area contributed by atoms with Gasteiger partial charge in [0.05, 0.1) is 15.9 Å². The van der Waals surface area contributed by atoms with Crippen molar-refractivity contribution in [2.24, 2.45) is 4.99 Å². The molecule has 24 heavy (non-hydrogen) atoms. The summed E-state index contributed by atoms with van der Waals surface area (Å²) in [4.78, 5) is 3.99. The first-order chi connectivity index (χ1) is 11.6. The maximum Gasteiger partial charge on any atom is 0.0955 e. The molecule has 0 aliphatic carbocycles. The van der Waals surface area contributed by atoms with Gasteiger partial charge in [0.25, 0.3) is 0 Å². The van der Waals surface area contributed by atoms with Crippen LogP contribution in [0.25, 0.3) is 0 Å². The first-order valence-electron chi connectivity index (χ1n) is 8.13. The van der Waals surface area contributed by atoms with Gasteiger partial charge in [-0.15, -0.1) is 0 Å². The Hall–Kier alpha value is -1.91. The molecule has 0 unspecified atom stereocenters. The number of nitrogens with zero attached hydrogens (tertiary/aromatic N) is 1. The van der Waals surface area contributed by atoms with Crippen LogP contribution in [0.3, 0.4) is 0 Å². The van der Waals surface area contributed by atoms with Gasteiger partial charge in [0.15, 0.2) is 0 Å². The summed E-state index contributed by atoms with van der Waals surface area (Å²) >= 11 is 10.9. The number of thiocarbonyl (C=S) groups is 1. The smallest absolute Gasteiger partial charge is 0.0955 e. The fourth-order valence-corrected chi connectivity index (χ4v) is 2.87. The molecule has 0 radical (unpaired) electrons. The van der Waals surface area contributed by atoms with Gasteiger partial charge in [-0.2, -0.15) is 4.99 Å². The molecule has 0 spiro atoms. The topological polar surface area (TPSA) is 12.4 Å². The Morgan fingerprint density at radius 1 is 1.04 bits per heavy atom. The Morgan fingerprint density at radius 3 is 2.38 bits per heavy atom. The van der Waals surface area contributed by atoms with Crippen molar-refractivity contribution >= 4 is 34.7 Å². The highest BCUT2D eigenvalue weighted by Crippen LogP contribution is 2.29. The molecule has 122 valence electrons. The molecule has 0 aromatic heterocycles. The van der Waals surface area contributed by atoms with E-state index in [-0.39, 0.29) is 0 Å². The van der Waals surface area contributed by atoms with Gasteiger partial charge in [-0.3, -0.25) is 0 Å². The molecule has 2 aromatic carbocycles. The van der Waals surface area contributed by atoms with E-state index in [9.17, 15) is 0 Å². The number of unbranched alkanes of at least 4 members (excludes halogenated alkanes) is 2. The van der Waals surface area contributed by atoms with E-state index in [0.717, 1.165) is 23.1 Å². The number of hydrogen-bond acceptors (Lipinski definition) is 2. The van der Waals surface area contributed by atoms with Crippen LogP contribution in [0.5, 0.6) is 0 Å². The molecule has 2 aromatic rings. The summed E-state index contributed by atoms with van der Waals surface area (Å²) in [6.45, 7) is 4.16. The molecular formula is C21H20ClNS. The zero-order valence-electron chi connectivity index (χ0n) is 14.0. The van der Waals surface area contributed by atoms with E-state index >= 15 is 0 Å². The molecule has 0 saturated carbocycles. The number of rotatable bonds is 5. The van der Waals surface area contributed by atoms with Gasteiger partial charge in [-0.05, 0) is 67.4 Å². The normalized spacial score (nSPS) is 9.79. The first-order valence-corrected chi connectivity index (χ1v) is 8.91. The van der Waals surface area contributed by atoms with E-state index in [4.69, 9.17) is 11.6 Å². The molecule has 0 amide bonds. The lowest BCUT2D eigenvalue weighted by Crippen LogP contribution is -1.86. The van der Waals surface area contributed by atoms with E-state index in [1.165, 1.54) is 24.8 Å². The first kappa shape index (κ1) is 18.4. The number of aliphatic imine (C=N–C) groups is 1. The molecule has 0 heterocycles. The Bertz CT molecular complexity index is 783. The Labute approximate surface area is 154 Å². The molecule has 1 nitrogen and oxygen atoms in total. The van der Waals surface area contributed by atoms with Crippen molar-refractivity contribution in [3.05, 3.63) is 63.7 Å². The summed E-state index contributed by atoms with van der Waals surface area (Å²) in [7, 11) is 0. The van der Waals surface area contributed by atoms with Gasteiger partial charge in [0, 0.05) is 11.1 Å². The van der Waals surface area contributed by atoms with Crippen LogP contribution in [0.15, 0.2) is 41.4 Å². The molecule has 0 atom stereocenters. The maximum absolute atomic E-state index is 6.23. The average Bonchev–Trinajstić information content (AvgIpc) is 2.58. The average molecular weight is 354 g/mol. The van der Waals surface area contributed by atoms with Gasteiger partial charge in [-0.1, -0.05) is 55.3 Å². The lowest BCUT2D eigenvalue weighted by molar-refractivity contribution is 0.717. The van der Waals surface area contributed by atoms with E-state index in [1.807, 2.05) is 19.1 Å². The molecule has 3 heteroatoms. The van der Waals surface area contributed by atoms with E-state index < -0.39 is 0 Å². The predicted octanol–water partition coefficient (Wildman–Crippen LogP) is 6.52. The molecule has 0 fully saturated rings. The number of aryl methyl sites for hydroxylation is 2. The van der Waals surface area contributed by atoms with Crippen LogP contribution in [0.2, 0.25) is 5.02 Å². The monoisotopic (exact) mass is 353 g/mol. The quantitative estimate of drug-likeness (QED) is 0.258. The predicted molar refractivity (Wildman–Crippen MR) is 107 cm³/mol. The van der Waals surface area contributed by atoms with Crippen molar-refractivity contribution in [3.8, 4) is 11.8 Å². The Morgan fingerprint density at radius 2 is 1.75 bits per heavy atom. The highest BCUT2D eigenvalue weighted by atomic mass is 35.5. The second kappa shape index (κ2) is 9.40. The minimum atomic E-state index is 0.544. The number of halogens is 1. The van der Waals surface area contributed by atoms with Crippen LogP contribution in [0.4, 0.5) is 5.69 Å². The fraction of sp³-hybridized carbons (Fsp3) is 0.286. The van der Waals surface area contributed by atoms with Gasteiger partial charge >= 0.3 is 0 Å². The van der Waals surface area contributed by atoms with Gasteiger partial charge in [0.1, 0.15) is 0 Å². The summed E-state index contributed by atoms with van der Waals surface area (Å²) in [5, 5.41) is 2.90. The zero-order valence-corrected chi connectivity index (χ0v) is 15.6. The highest BCUT2D eigenvalue weighted by Gasteiger charge is 2.04. The number of hydrogen-bond donors (Lipinski definition) is 0. The minimum absolute atomic E-state index is 0.544. The minimum Gasteiger partial charge on any atom is -0.193 e. The van der Waals surface area contributed by atoms with Crippen LogP contribution >= 0.6 is 23.8 Å². The van der Waals surface area contributed by atoms with E-state index in [2.05, 4.69) is 65.4 Å². The zero-order chi connectivity index (χ0) is 17.4. The molecule has 2 rings (SSSR count). The maximum atomic E-state index is 6.23. The second-order valence-electron chi connectivity index (χ2n) is 5.73. The lowest BCUT2D eigenvalue weighted by Gasteiger charge is -2.02. The van der Waals surface area contributed by atoms with E-state index in [1.54, 1.807) is 0 Å². The van der Waals surface area contributed by atoms with Gasteiger partial charge < -0.3 is 0 Å². The van der Waals surface area contributed by atoms with Gasteiger partial charge in [0.2, 0.25) is 0 Å². The molecule has 0 saturated heterocycles. The van der Waals surface area contributed by atoms with Crippen molar-refractivity contribution in [1.29, 1.82) is 0 Å². The van der Waals surface area contributed by atoms with Crippen LogP contribution in [0, 0.1) is 18.8 Å². The molecule has 0 N–H and O–H groups in total. The lowest BCUT2D eigenvalue weighted by atomic mass is 10.1. The molecule has 0 aliphatic heterocycles. The van der Waals surface area contributed by atoms with Crippen LogP contribution in [-0.4, -0.2) is 5.16 Å². The van der Waals surface area contributed by atoms with Crippen molar-refractivity contribution in [2.45, 2.75) is 39.5 Å². The third-order valence-corrected chi connectivity index (χ3v) is 4.16. The fourth-order valence-electron chi connectivity index (χ4n) is 2.47. The molecule has 0 bridgehead atoms. The van der Waals surface area contributed by atoms with Crippen LogP contribution in [0.1, 0.15) is 48.4 Å². The van der Waals surface area contributed by atoms with Crippen molar-refractivity contribution < 1.29 is 0 Å². The van der Waals surface area contributed by atoms with Crippen LogP contribution in [-0.2, 0) is 6.42 Å².